The van der Waals surface area contributed by atoms with E-state index in [0.717, 1.165) is 12.8 Å². The quantitative estimate of drug-likeness (QED) is 0.867. The van der Waals surface area contributed by atoms with E-state index in [1.165, 1.54) is 0 Å². The summed E-state index contributed by atoms with van der Waals surface area (Å²) in [6.07, 6.45) is 1.81. The molecular formula is C16H21Cl2N3O2. The predicted octanol–water partition coefficient (Wildman–Crippen LogP) is 2.31. The Bertz CT molecular complexity index is 587. The molecule has 0 aliphatic carbocycles. The number of carbonyl (C=O) groups excluding carboxylic acids is 2. The van der Waals surface area contributed by atoms with Gasteiger partial charge in [0.05, 0.1) is 15.6 Å². The molecule has 5 nitrogen and oxygen atoms in total. The van der Waals surface area contributed by atoms with Crippen molar-refractivity contribution in [3.05, 3.63) is 33.8 Å². The lowest BCUT2D eigenvalue weighted by Gasteiger charge is -2.33. The Balaban J connectivity index is 1.96. The van der Waals surface area contributed by atoms with Crippen molar-refractivity contribution in [1.82, 2.24) is 10.2 Å². The second kappa shape index (κ2) is 7.99. The van der Waals surface area contributed by atoms with Gasteiger partial charge in [-0.05, 0) is 44.4 Å². The number of nitrogens with two attached hydrogens (primary N) is 1. The zero-order chi connectivity index (χ0) is 17.0. The van der Waals surface area contributed by atoms with Crippen molar-refractivity contribution < 1.29 is 9.59 Å². The lowest BCUT2D eigenvalue weighted by molar-refractivity contribution is -0.134. The number of nitrogens with zero attached hydrogens (tertiary/aromatic N) is 1. The lowest BCUT2D eigenvalue weighted by Crippen LogP contribution is -2.49. The molecule has 1 aromatic carbocycles. The average Bonchev–Trinajstić information content (AvgIpc) is 2.56. The van der Waals surface area contributed by atoms with Crippen LogP contribution in [0.5, 0.6) is 0 Å². The second-order valence-corrected chi connectivity index (χ2v) is 6.59. The van der Waals surface area contributed by atoms with E-state index in [1.54, 1.807) is 30.0 Å². The number of nitrogens with one attached hydrogen (secondary N) is 1. The van der Waals surface area contributed by atoms with Crippen LogP contribution >= 0.6 is 23.2 Å². The molecule has 1 aliphatic heterocycles. The number of carbonyl (C=O) groups is 2. The minimum absolute atomic E-state index is 0.0908. The first-order chi connectivity index (χ1) is 10.9. The largest absolute Gasteiger partial charge is 0.341 e. The highest BCUT2D eigenvalue weighted by molar-refractivity contribution is 6.43. The Morgan fingerprint density at radius 3 is 2.61 bits per heavy atom. The smallest absolute Gasteiger partial charge is 0.253 e. The van der Waals surface area contributed by atoms with Crippen molar-refractivity contribution in [2.45, 2.75) is 25.8 Å². The molecule has 1 aliphatic rings. The first kappa shape index (κ1) is 18.0. The van der Waals surface area contributed by atoms with E-state index in [-0.39, 0.29) is 16.5 Å². The summed E-state index contributed by atoms with van der Waals surface area (Å²) in [5.41, 5.74) is 5.92. The Morgan fingerprint density at radius 2 is 2.00 bits per heavy atom. The number of likely N-dealkylation sites (tertiary alicyclic amines) is 1. The van der Waals surface area contributed by atoms with Crippen LogP contribution in [0.15, 0.2) is 18.2 Å². The minimum Gasteiger partial charge on any atom is -0.341 e. The fourth-order valence-electron chi connectivity index (χ4n) is 2.68. The molecule has 2 rings (SSSR count). The molecule has 2 amide bonds. The van der Waals surface area contributed by atoms with Gasteiger partial charge in [0.2, 0.25) is 5.91 Å². The maximum atomic E-state index is 12.4. The van der Waals surface area contributed by atoms with E-state index in [0.29, 0.717) is 30.6 Å². The van der Waals surface area contributed by atoms with E-state index in [9.17, 15) is 9.59 Å². The summed E-state index contributed by atoms with van der Waals surface area (Å²) in [5, 5.41) is 3.19. The van der Waals surface area contributed by atoms with Gasteiger partial charge in [-0.2, -0.15) is 0 Å². The van der Waals surface area contributed by atoms with Crippen LogP contribution in [0.1, 0.15) is 30.1 Å². The van der Waals surface area contributed by atoms with Gasteiger partial charge in [-0.1, -0.05) is 29.3 Å². The van der Waals surface area contributed by atoms with Crippen LogP contribution in [0.25, 0.3) is 0 Å². The normalized spacial score (nSPS) is 17.0. The summed E-state index contributed by atoms with van der Waals surface area (Å²) in [5.74, 6) is -0.0172. The number of piperidine rings is 1. The highest BCUT2D eigenvalue weighted by Crippen LogP contribution is 2.25. The van der Waals surface area contributed by atoms with Gasteiger partial charge in [0.1, 0.15) is 6.04 Å². The molecular weight excluding hydrogens is 337 g/mol. The first-order valence-corrected chi connectivity index (χ1v) is 8.43. The molecule has 1 aromatic rings. The van der Waals surface area contributed by atoms with Crippen molar-refractivity contribution in [2.75, 3.05) is 19.6 Å². The van der Waals surface area contributed by atoms with Gasteiger partial charge < -0.3 is 16.0 Å². The van der Waals surface area contributed by atoms with Crippen molar-refractivity contribution in [2.24, 2.45) is 11.7 Å². The van der Waals surface area contributed by atoms with E-state index < -0.39 is 11.9 Å². The molecule has 3 N–H and O–H groups in total. The molecule has 23 heavy (non-hydrogen) atoms. The summed E-state index contributed by atoms with van der Waals surface area (Å²) in [6.45, 7) is 3.69. The second-order valence-electron chi connectivity index (χ2n) is 5.80. The number of amides is 2. The van der Waals surface area contributed by atoms with Gasteiger partial charge in [-0.3, -0.25) is 9.59 Å². The number of halogens is 2. The number of hydrogen-bond donors (Lipinski definition) is 2. The van der Waals surface area contributed by atoms with Crippen LogP contribution in [0.4, 0.5) is 0 Å². The predicted molar refractivity (Wildman–Crippen MR) is 91.7 cm³/mol. The molecule has 0 saturated carbocycles. The van der Waals surface area contributed by atoms with Crippen molar-refractivity contribution in [3.8, 4) is 0 Å². The van der Waals surface area contributed by atoms with Crippen LogP contribution in [-0.4, -0.2) is 42.4 Å². The SMILES string of the molecule is CC(NC(=O)c1cccc(Cl)c1Cl)C(=O)N1CCC(CN)CC1. The molecule has 1 fully saturated rings. The molecule has 0 aromatic heterocycles. The Morgan fingerprint density at radius 1 is 1.35 bits per heavy atom. The molecule has 1 heterocycles. The molecule has 7 heteroatoms. The summed E-state index contributed by atoms with van der Waals surface area (Å²) in [6, 6.07) is 4.21. The monoisotopic (exact) mass is 357 g/mol. The maximum Gasteiger partial charge on any atom is 0.253 e. The van der Waals surface area contributed by atoms with Gasteiger partial charge >= 0.3 is 0 Å². The Kier molecular flexibility index (Phi) is 6.27. The Labute approximate surface area is 146 Å². The van der Waals surface area contributed by atoms with Crippen LogP contribution in [0, 0.1) is 5.92 Å². The standard InChI is InChI=1S/C16H21Cl2N3O2/c1-10(16(23)21-7-5-11(9-19)6-8-21)20-15(22)12-3-2-4-13(17)14(12)18/h2-4,10-11H,5-9,19H2,1H3,(H,20,22). The summed E-state index contributed by atoms with van der Waals surface area (Å²) < 4.78 is 0. The zero-order valence-electron chi connectivity index (χ0n) is 13.0. The van der Waals surface area contributed by atoms with Gasteiger partial charge in [0.15, 0.2) is 0 Å². The highest BCUT2D eigenvalue weighted by Gasteiger charge is 2.27. The van der Waals surface area contributed by atoms with Crippen LogP contribution in [0.2, 0.25) is 10.0 Å². The number of rotatable bonds is 4. The average molecular weight is 358 g/mol. The molecule has 126 valence electrons. The van der Waals surface area contributed by atoms with E-state index >= 15 is 0 Å². The minimum atomic E-state index is -0.619. The molecule has 1 unspecified atom stereocenters. The molecule has 0 bridgehead atoms. The van der Waals surface area contributed by atoms with E-state index in [1.807, 2.05) is 0 Å². The van der Waals surface area contributed by atoms with Crippen molar-refractivity contribution >= 4 is 35.0 Å². The maximum absolute atomic E-state index is 12.4. The third kappa shape index (κ3) is 4.37. The van der Waals surface area contributed by atoms with Gasteiger partial charge in [0, 0.05) is 13.1 Å². The zero-order valence-corrected chi connectivity index (χ0v) is 14.5. The first-order valence-electron chi connectivity index (χ1n) is 7.67. The molecule has 1 saturated heterocycles. The van der Waals surface area contributed by atoms with Crippen LogP contribution in [-0.2, 0) is 4.79 Å². The van der Waals surface area contributed by atoms with Crippen LogP contribution in [0.3, 0.4) is 0 Å². The summed E-state index contributed by atoms with van der Waals surface area (Å²) >= 11 is 11.9. The summed E-state index contributed by atoms with van der Waals surface area (Å²) in [4.78, 5) is 26.5. The van der Waals surface area contributed by atoms with Crippen molar-refractivity contribution in [3.63, 3.8) is 0 Å². The van der Waals surface area contributed by atoms with Gasteiger partial charge in [0.25, 0.3) is 5.91 Å². The number of benzene rings is 1. The third-order valence-electron chi connectivity index (χ3n) is 4.17. The third-order valence-corrected chi connectivity index (χ3v) is 4.99. The highest BCUT2D eigenvalue weighted by atomic mass is 35.5. The van der Waals surface area contributed by atoms with Crippen molar-refractivity contribution in [1.29, 1.82) is 0 Å². The van der Waals surface area contributed by atoms with E-state index in [2.05, 4.69) is 5.32 Å². The van der Waals surface area contributed by atoms with E-state index in [4.69, 9.17) is 28.9 Å². The van der Waals surface area contributed by atoms with Gasteiger partial charge in [-0.15, -0.1) is 0 Å². The lowest BCUT2D eigenvalue weighted by atomic mass is 9.97. The van der Waals surface area contributed by atoms with Gasteiger partial charge in [-0.25, -0.2) is 0 Å². The fourth-order valence-corrected chi connectivity index (χ4v) is 3.06. The van der Waals surface area contributed by atoms with Crippen LogP contribution < -0.4 is 11.1 Å². The Hall–Kier alpha value is -1.30. The molecule has 0 radical (unpaired) electrons. The molecule has 0 spiro atoms. The summed E-state index contributed by atoms with van der Waals surface area (Å²) in [7, 11) is 0. The topological polar surface area (TPSA) is 75.4 Å². The molecule has 1 atom stereocenters. The fraction of sp³-hybridized carbons (Fsp3) is 0.500. The number of hydrogen-bond acceptors (Lipinski definition) is 3.